The molecule has 3 rings (SSSR count). The van der Waals surface area contributed by atoms with Crippen LogP contribution in [0.5, 0.6) is 0 Å². The summed E-state index contributed by atoms with van der Waals surface area (Å²) in [6.07, 6.45) is 1.18. The molecule has 0 fully saturated rings. The zero-order chi connectivity index (χ0) is 16.4. The first kappa shape index (κ1) is 15.1. The predicted molar refractivity (Wildman–Crippen MR) is 88.3 cm³/mol. The Morgan fingerprint density at radius 3 is 2.39 bits per heavy atom. The smallest absolute Gasteiger partial charge is 0.271 e. The zero-order valence-corrected chi connectivity index (χ0v) is 13.2. The highest BCUT2D eigenvalue weighted by Crippen LogP contribution is 2.35. The molecule has 2 N–H and O–H groups in total. The van der Waals surface area contributed by atoms with Crippen LogP contribution in [0.25, 0.3) is 0 Å². The summed E-state index contributed by atoms with van der Waals surface area (Å²) >= 11 is 0. The molecule has 0 saturated heterocycles. The van der Waals surface area contributed by atoms with Gasteiger partial charge >= 0.3 is 0 Å². The van der Waals surface area contributed by atoms with Crippen LogP contribution in [0, 0.1) is 0 Å². The molecule has 6 nitrogen and oxygen atoms in total. The van der Waals surface area contributed by atoms with Crippen LogP contribution in [0.3, 0.4) is 0 Å². The lowest BCUT2D eigenvalue weighted by atomic mass is 10.3. The summed E-state index contributed by atoms with van der Waals surface area (Å²) in [7, 11) is -2.30. The van der Waals surface area contributed by atoms with Crippen molar-refractivity contribution in [1.29, 1.82) is 0 Å². The Kier molecular flexibility index (Phi) is 3.79. The highest BCUT2D eigenvalue weighted by atomic mass is 32.2. The lowest BCUT2D eigenvalue weighted by Crippen LogP contribution is -2.37. The first-order valence-electron chi connectivity index (χ1n) is 6.91. The fraction of sp³-hybridized carbons (Fsp3) is 0.0625. The summed E-state index contributed by atoms with van der Waals surface area (Å²) in [6, 6.07) is 15.6. The Bertz CT molecular complexity index is 876. The van der Waals surface area contributed by atoms with Gasteiger partial charge in [-0.3, -0.25) is 4.79 Å². The van der Waals surface area contributed by atoms with Crippen LogP contribution in [0.15, 0.2) is 70.6 Å². The molecule has 0 aliphatic carbocycles. The maximum atomic E-state index is 12.6. The second-order valence-corrected chi connectivity index (χ2v) is 6.87. The van der Waals surface area contributed by atoms with Crippen molar-refractivity contribution >= 4 is 27.1 Å². The Balaban J connectivity index is 1.93. The average molecular weight is 329 g/mol. The number of hydrogen-bond acceptors (Lipinski definition) is 5. The van der Waals surface area contributed by atoms with Crippen molar-refractivity contribution in [3.8, 4) is 0 Å². The van der Waals surface area contributed by atoms with Crippen LogP contribution in [-0.4, -0.2) is 21.4 Å². The molecular weight excluding hydrogens is 314 g/mol. The van der Waals surface area contributed by atoms with Gasteiger partial charge in [0.2, 0.25) is 9.84 Å². The van der Waals surface area contributed by atoms with Crippen molar-refractivity contribution in [3.05, 3.63) is 65.7 Å². The van der Waals surface area contributed by atoms with Gasteiger partial charge in [-0.25, -0.2) is 8.42 Å². The Labute approximate surface area is 134 Å². The standard InChI is InChI=1S/C16H15N3O3S/c1-19-13-9-5-6-10-14(13)23(21,22)15(16(19)20)11-17-18-12-7-3-2-4-8-12/h2-11,17-18H,1H3/b15-11+. The van der Waals surface area contributed by atoms with E-state index in [0.29, 0.717) is 5.69 Å². The topological polar surface area (TPSA) is 78.5 Å². The van der Waals surface area contributed by atoms with Gasteiger partial charge in [-0.2, -0.15) is 0 Å². The number of para-hydroxylation sites is 2. The normalized spacial score (nSPS) is 17.7. The van der Waals surface area contributed by atoms with Gasteiger partial charge < -0.3 is 15.8 Å². The third-order valence-corrected chi connectivity index (χ3v) is 5.31. The molecule has 1 amide bonds. The van der Waals surface area contributed by atoms with E-state index in [1.54, 1.807) is 25.2 Å². The molecule has 1 heterocycles. The van der Waals surface area contributed by atoms with E-state index in [-0.39, 0.29) is 9.80 Å². The van der Waals surface area contributed by atoms with Crippen molar-refractivity contribution in [2.45, 2.75) is 4.90 Å². The number of nitrogens with zero attached hydrogens (tertiary/aromatic N) is 1. The highest BCUT2D eigenvalue weighted by molar-refractivity contribution is 7.96. The number of carbonyl (C=O) groups excluding carboxylic acids is 1. The molecule has 2 aromatic rings. The van der Waals surface area contributed by atoms with Crippen molar-refractivity contribution in [2.75, 3.05) is 17.4 Å². The van der Waals surface area contributed by atoms with E-state index in [1.165, 1.54) is 17.2 Å². The van der Waals surface area contributed by atoms with Crippen LogP contribution >= 0.6 is 0 Å². The molecule has 0 atom stereocenters. The van der Waals surface area contributed by atoms with Crippen LogP contribution in [-0.2, 0) is 14.6 Å². The summed E-state index contributed by atoms with van der Waals surface area (Å²) in [5, 5.41) is 0. The summed E-state index contributed by atoms with van der Waals surface area (Å²) in [4.78, 5) is 13.5. The number of nitrogens with one attached hydrogen (secondary N) is 2. The van der Waals surface area contributed by atoms with E-state index in [4.69, 9.17) is 0 Å². The third kappa shape index (κ3) is 2.66. The van der Waals surface area contributed by atoms with Gasteiger partial charge in [-0.1, -0.05) is 30.3 Å². The maximum absolute atomic E-state index is 12.6. The van der Waals surface area contributed by atoms with Gasteiger partial charge in [-0.15, -0.1) is 0 Å². The fourth-order valence-corrected chi connectivity index (χ4v) is 3.87. The lowest BCUT2D eigenvalue weighted by molar-refractivity contribution is -0.114. The molecule has 7 heteroatoms. The lowest BCUT2D eigenvalue weighted by Gasteiger charge is -2.27. The number of hydrazine groups is 1. The fourth-order valence-electron chi connectivity index (χ4n) is 2.32. The number of likely N-dealkylation sites (N-methyl/N-ethyl adjacent to an activating group) is 1. The minimum Gasteiger partial charge on any atom is -0.309 e. The Hall–Kier alpha value is -2.80. The largest absolute Gasteiger partial charge is 0.309 e. The van der Waals surface area contributed by atoms with Crippen LogP contribution in [0.2, 0.25) is 0 Å². The van der Waals surface area contributed by atoms with E-state index < -0.39 is 15.7 Å². The monoisotopic (exact) mass is 329 g/mol. The number of hydrogen-bond donors (Lipinski definition) is 2. The van der Waals surface area contributed by atoms with Crippen molar-refractivity contribution in [3.63, 3.8) is 0 Å². The molecule has 0 saturated carbocycles. The van der Waals surface area contributed by atoms with E-state index >= 15 is 0 Å². The van der Waals surface area contributed by atoms with E-state index in [0.717, 1.165) is 5.69 Å². The minimum absolute atomic E-state index is 0.120. The second-order valence-electron chi connectivity index (χ2n) is 4.98. The number of sulfone groups is 1. The zero-order valence-electron chi connectivity index (χ0n) is 12.4. The second kappa shape index (κ2) is 5.77. The van der Waals surface area contributed by atoms with Gasteiger partial charge in [0.15, 0.2) is 4.91 Å². The van der Waals surface area contributed by atoms with Crippen molar-refractivity contribution in [2.24, 2.45) is 0 Å². The predicted octanol–water partition coefficient (Wildman–Crippen LogP) is 1.89. The quantitative estimate of drug-likeness (QED) is 0.664. The number of rotatable bonds is 3. The van der Waals surface area contributed by atoms with Crippen LogP contribution < -0.4 is 15.8 Å². The molecule has 0 spiro atoms. The molecule has 0 unspecified atom stereocenters. The number of amides is 1. The molecule has 0 aromatic heterocycles. The third-order valence-electron chi connectivity index (χ3n) is 3.51. The van der Waals surface area contributed by atoms with Crippen LogP contribution in [0.1, 0.15) is 0 Å². The Morgan fingerprint density at radius 1 is 1.00 bits per heavy atom. The first-order valence-corrected chi connectivity index (χ1v) is 8.39. The number of carbonyl (C=O) groups is 1. The van der Waals surface area contributed by atoms with Crippen molar-refractivity contribution < 1.29 is 13.2 Å². The van der Waals surface area contributed by atoms with Gasteiger partial charge in [0.25, 0.3) is 5.91 Å². The summed E-state index contributed by atoms with van der Waals surface area (Å²) in [6.45, 7) is 0. The van der Waals surface area contributed by atoms with Gasteiger partial charge in [-0.05, 0) is 24.3 Å². The van der Waals surface area contributed by atoms with Gasteiger partial charge in [0.05, 0.1) is 16.3 Å². The van der Waals surface area contributed by atoms with Crippen molar-refractivity contribution in [1.82, 2.24) is 5.43 Å². The number of anilines is 2. The molecule has 0 bridgehead atoms. The molecule has 1 aliphatic heterocycles. The summed E-state index contributed by atoms with van der Waals surface area (Å²) in [5.74, 6) is -0.578. The maximum Gasteiger partial charge on any atom is 0.271 e. The summed E-state index contributed by atoms with van der Waals surface area (Å²) < 4.78 is 25.2. The average Bonchev–Trinajstić information content (AvgIpc) is 2.57. The van der Waals surface area contributed by atoms with Crippen LogP contribution in [0.4, 0.5) is 11.4 Å². The first-order chi connectivity index (χ1) is 11.0. The highest BCUT2D eigenvalue weighted by Gasteiger charge is 2.37. The number of fused-ring (bicyclic) bond motifs is 1. The SMILES string of the molecule is CN1C(=O)/C(=C\NNc2ccccc2)S(=O)(=O)c2ccccc21. The molecule has 2 aromatic carbocycles. The van der Waals surface area contributed by atoms with E-state index in [9.17, 15) is 13.2 Å². The molecule has 0 radical (unpaired) electrons. The minimum atomic E-state index is -3.85. The number of benzene rings is 2. The molecule has 118 valence electrons. The molecule has 1 aliphatic rings. The van der Waals surface area contributed by atoms with E-state index in [2.05, 4.69) is 10.9 Å². The van der Waals surface area contributed by atoms with Gasteiger partial charge in [0.1, 0.15) is 0 Å². The Morgan fingerprint density at radius 2 is 1.65 bits per heavy atom. The molecular formula is C16H15N3O3S. The van der Waals surface area contributed by atoms with E-state index in [1.807, 2.05) is 30.3 Å². The van der Waals surface area contributed by atoms with Gasteiger partial charge in [0, 0.05) is 13.2 Å². The summed E-state index contributed by atoms with van der Waals surface area (Å²) in [5.41, 5.74) is 6.63. The molecule has 23 heavy (non-hydrogen) atoms.